The highest BCUT2D eigenvalue weighted by atomic mass is 16.2. The summed E-state index contributed by atoms with van der Waals surface area (Å²) in [4.78, 5) is 49.3. The molecule has 0 spiro atoms. The maximum Gasteiger partial charge on any atom is 0.249 e. The highest BCUT2D eigenvalue weighted by Gasteiger charge is 2.19. The fraction of sp³-hybridized carbons (Fsp3) is 0.419. The lowest BCUT2D eigenvalue weighted by molar-refractivity contribution is -0.129. The van der Waals surface area contributed by atoms with Gasteiger partial charge in [0.2, 0.25) is 11.8 Å². The summed E-state index contributed by atoms with van der Waals surface area (Å²) in [6, 6.07) is 0. The van der Waals surface area contributed by atoms with Crippen LogP contribution in [0, 0.1) is 55.4 Å². The van der Waals surface area contributed by atoms with Crippen LogP contribution >= 0.6 is 0 Å². The van der Waals surface area contributed by atoms with Crippen LogP contribution < -0.4 is 10.9 Å². The molecule has 0 radical (unpaired) electrons. The van der Waals surface area contributed by atoms with Crippen molar-refractivity contribution >= 4 is 35.8 Å². The number of Topliss-reactive ketones (excluding diaryl/α,β-unsaturated/α-hetero) is 2. The van der Waals surface area contributed by atoms with Gasteiger partial charge in [0.1, 0.15) is 6.42 Å². The Hall–Kier alpha value is -3.94. The zero-order valence-corrected chi connectivity index (χ0v) is 24.8. The van der Waals surface area contributed by atoms with E-state index in [-0.39, 0.29) is 11.6 Å². The van der Waals surface area contributed by atoms with Gasteiger partial charge in [-0.15, -0.1) is 0 Å². The van der Waals surface area contributed by atoms with Crippen molar-refractivity contribution in [3.8, 4) is 0 Å². The molecule has 0 unspecified atom stereocenters. The summed E-state index contributed by atoms with van der Waals surface area (Å²) >= 11 is 0. The van der Waals surface area contributed by atoms with E-state index in [9.17, 15) is 19.2 Å². The normalized spacial score (nSPS) is 11.3. The van der Waals surface area contributed by atoms with Crippen LogP contribution in [0.2, 0.25) is 0 Å². The SMILES string of the molecule is CCC(=O)c1c(C)c(C)c(/C=N/NC(=O)CC(=O)N/N=C/c2c(C)c(C)c(C(=O)CC)c(C)c2C)c(C)c1C. The molecule has 0 heterocycles. The van der Waals surface area contributed by atoms with Crippen LogP contribution in [-0.4, -0.2) is 35.8 Å². The molecule has 8 nitrogen and oxygen atoms in total. The Labute approximate surface area is 231 Å². The summed E-state index contributed by atoms with van der Waals surface area (Å²) in [5, 5.41) is 8.08. The van der Waals surface area contributed by atoms with Crippen molar-refractivity contribution in [2.75, 3.05) is 0 Å². The molecule has 0 saturated heterocycles. The van der Waals surface area contributed by atoms with Gasteiger partial charge in [-0.2, -0.15) is 10.2 Å². The van der Waals surface area contributed by atoms with Crippen molar-refractivity contribution in [3.05, 3.63) is 66.8 Å². The number of nitrogens with zero attached hydrogens (tertiary/aromatic N) is 2. The number of nitrogens with one attached hydrogen (secondary N) is 2. The first kappa shape index (κ1) is 31.3. The molecule has 0 saturated carbocycles. The topological polar surface area (TPSA) is 117 Å². The molecule has 2 aromatic rings. The number of carbonyl (C=O) groups is 4. The summed E-state index contributed by atoms with van der Waals surface area (Å²) in [6.45, 7) is 19.0. The lowest BCUT2D eigenvalue weighted by Crippen LogP contribution is -2.27. The van der Waals surface area contributed by atoms with Gasteiger partial charge in [0.15, 0.2) is 11.6 Å². The van der Waals surface area contributed by atoms with E-state index in [2.05, 4.69) is 21.1 Å². The highest BCUT2D eigenvalue weighted by molar-refractivity contribution is 6.02. The van der Waals surface area contributed by atoms with E-state index in [1.807, 2.05) is 69.2 Å². The van der Waals surface area contributed by atoms with Crippen molar-refractivity contribution in [2.24, 2.45) is 10.2 Å². The zero-order chi connectivity index (χ0) is 29.6. The Morgan fingerprint density at radius 3 is 1.08 bits per heavy atom. The fourth-order valence-electron chi connectivity index (χ4n) is 4.82. The van der Waals surface area contributed by atoms with Crippen LogP contribution in [0.5, 0.6) is 0 Å². The Balaban J connectivity index is 2.08. The summed E-state index contributed by atoms with van der Waals surface area (Å²) in [6.07, 6.45) is 3.50. The monoisotopic (exact) mass is 532 g/mol. The van der Waals surface area contributed by atoms with Crippen LogP contribution in [0.25, 0.3) is 0 Å². The lowest BCUT2D eigenvalue weighted by atomic mass is 9.87. The molecule has 0 atom stereocenters. The van der Waals surface area contributed by atoms with Crippen LogP contribution in [0.1, 0.15) is 109 Å². The molecule has 0 fully saturated rings. The third-order valence-corrected chi connectivity index (χ3v) is 7.65. The molecule has 0 aromatic heterocycles. The third-order valence-electron chi connectivity index (χ3n) is 7.65. The molecule has 2 N–H and O–H groups in total. The second-order valence-corrected chi connectivity index (χ2v) is 9.89. The maximum absolute atomic E-state index is 12.4. The van der Waals surface area contributed by atoms with Gasteiger partial charge in [-0.1, -0.05) is 13.8 Å². The number of amides is 2. The highest BCUT2D eigenvalue weighted by Crippen LogP contribution is 2.28. The molecule has 0 aliphatic carbocycles. The van der Waals surface area contributed by atoms with E-state index in [0.29, 0.717) is 12.8 Å². The van der Waals surface area contributed by atoms with Gasteiger partial charge >= 0.3 is 0 Å². The first-order valence-electron chi connectivity index (χ1n) is 13.2. The smallest absolute Gasteiger partial charge is 0.249 e. The zero-order valence-electron chi connectivity index (χ0n) is 24.8. The number of rotatable bonds is 10. The minimum atomic E-state index is -0.582. The van der Waals surface area contributed by atoms with Crippen LogP contribution in [-0.2, 0) is 9.59 Å². The molecule has 2 amide bonds. The number of hydrogen-bond acceptors (Lipinski definition) is 6. The van der Waals surface area contributed by atoms with Gasteiger partial charge in [0, 0.05) is 35.1 Å². The number of ketones is 2. The van der Waals surface area contributed by atoms with Crippen LogP contribution in [0.4, 0.5) is 0 Å². The Morgan fingerprint density at radius 2 is 0.821 bits per heavy atom. The molecular weight excluding hydrogens is 492 g/mol. The number of benzene rings is 2. The van der Waals surface area contributed by atoms with Gasteiger partial charge < -0.3 is 0 Å². The first-order chi connectivity index (χ1) is 18.3. The van der Waals surface area contributed by atoms with Gasteiger partial charge in [-0.05, 0) is 99.9 Å². The summed E-state index contributed by atoms with van der Waals surface area (Å²) in [5.74, 6) is -0.967. The Morgan fingerprint density at radius 1 is 0.538 bits per heavy atom. The van der Waals surface area contributed by atoms with E-state index in [0.717, 1.165) is 66.8 Å². The van der Waals surface area contributed by atoms with Gasteiger partial charge in [0.05, 0.1) is 12.4 Å². The van der Waals surface area contributed by atoms with E-state index in [4.69, 9.17) is 0 Å². The fourth-order valence-corrected chi connectivity index (χ4v) is 4.82. The predicted molar refractivity (Wildman–Crippen MR) is 156 cm³/mol. The van der Waals surface area contributed by atoms with Gasteiger partial charge in [-0.3, -0.25) is 19.2 Å². The molecule has 2 aromatic carbocycles. The minimum absolute atomic E-state index is 0.0980. The summed E-state index contributed by atoms with van der Waals surface area (Å²) in [7, 11) is 0. The maximum atomic E-state index is 12.4. The standard InChI is InChI=1S/C31H40N4O4/c1-11-26(36)30-20(7)16(3)24(17(4)21(30)8)14-32-34-28(38)13-29(39)35-33-15-25-18(5)22(9)31(27(37)12-2)23(10)19(25)6/h14-15H,11-13H2,1-10H3,(H,34,38)(H,35,39)/b32-14+,33-15+. The summed E-state index contributed by atoms with van der Waals surface area (Å²) in [5.41, 5.74) is 15.2. The lowest BCUT2D eigenvalue weighted by Gasteiger charge is -2.17. The molecule has 2 rings (SSSR count). The van der Waals surface area contributed by atoms with Crippen molar-refractivity contribution in [2.45, 2.75) is 88.5 Å². The molecule has 39 heavy (non-hydrogen) atoms. The quantitative estimate of drug-likeness (QED) is 0.186. The van der Waals surface area contributed by atoms with Crippen molar-refractivity contribution in [1.29, 1.82) is 0 Å². The number of hydrazone groups is 2. The molecule has 0 aliphatic rings. The van der Waals surface area contributed by atoms with E-state index >= 15 is 0 Å². The van der Waals surface area contributed by atoms with Crippen molar-refractivity contribution in [3.63, 3.8) is 0 Å². The predicted octanol–water partition coefficient (Wildman–Crippen LogP) is 5.33. The average Bonchev–Trinajstić information content (AvgIpc) is 2.90. The first-order valence-corrected chi connectivity index (χ1v) is 13.2. The molecule has 0 aliphatic heterocycles. The van der Waals surface area contributed by atoms with Crippen molar-refractivity contribution in [1.82, 2.24) is 10.9 Å². The molecule has 8 heteroatoms. The van der Waals surface area contributed by atoms with E-state index in [1.165, 1.54) is 0 Å². The second-order valence-electron chi connectivity index (χ2n) is 9.89. The molecular formula is C31H40N4O4. The van der Waals surface area contributed by atoms with E-state index < -0.39 is 18.2 Å². The average molecular weight is 533 g/mol. The third kappa shape index (κ3) is 6.74. The van der Waals surface area contributed by atoms with Gasteiger partial charge in [0.25, 0.3) is 0 Å². The van der Waals surface area contributed by atoms with Crippen LogP contribution in [0.15, 0.2) is 10.2 Å². The Bertz CT molecular complexity index is 1240. The minimum Gasteiger partial charge on any atom is -0.294 e. The van der Waals surface area contributed by atoms with E-state index in [1.54, 1.807) is 12.4 Å². The van der Waals surface area contributed by atoms with Gasteiger partial charge in [-0.25, -0.2) is 10.9 Å². The second kappa shape index (κ2) is 13.2. The molecule has 208 valence electrons. The van der Waals surface area contributed by atoms with Crippen LogP contribution in [0.3, 0.4) is 0 Å². The summed E-state index contributed by atoms with van der Waals surface area (Å²) < 4.78 is 0. The largest absolute Gasteiger partial charge is 0.294 e. The molecule has 0 bridgehead atoms. The Kier molecular flexibility index (Phi) is 10.6. The number of hydrogen-bond donors (Lipinski definition) is 2. The van der Waals surface area contributed by atoms with Crippen molar-refractivity contribution < 1.29 is 19.2 Å². The number of carbonyl (C=O) groups excluding carboxylic acids is 4.